The summed E-state index contributed by atoms with van der Waals surface area (Å²) in [6.07, 6.45) is 4.15. The highest BCUT2D eigenvalue weighted by Gasteiger charge is 1.94. The van der Waals surface area contributed by atoms with Gasteiger partial charge in [-0.2, -0.15) is 0 Å². The normalized spacial score (nSPS) is 12.8. The number of nitrogens with one attached hydrogen (secondary N) is 1. The van der Waals surface area contributed by atoms with Crippen molar-refractivity contribution in [2.75, 3.05) is 6.54 Å². The van der Waals surface area contributed by atoms with Crippen molar-refractivity contribution in [2.45, 2.75) is 26.0 Å². The van der Waals surface area contributed by atoms with Crippen molar-refractivity contribution in [3.8, 4) is 0 Å². The minimum absolute atomic E-state index is 0.218. The first-order valence-electron chi connectivity index (χ1n) is 4.56. The van der Waals surface area contributed by atoms with Crippen LogP contribution in [0.1, 0.15) is 18.9 Å². The first kappa shape index (κ1) is 10.2. The molecule has 1 aromatic heterocycles. The molecule has 0 bridgehead atoms. The molecule has 0 aliphatic heterocycles. The molecule has 0 aromatic carbocycles. The molecule has 0 aliphatic carbocycles. The molecule has 13 heavy (non-hydrogen) atoms. The topological polar surface area (TPSA) is 45.1 Å². The van der Waals surface area contributed by atoms with E-state index in [9.17, 15) is 0 Å². The Kier molecular flexibility index (Phi) is 4.43. The van der Waals surface area contributed by atoms with Crippen molar-refractivity contribution in [2.24, 2.45) is 0 Å². The highest BCUT2D eigenvalue weighted by atomic mass is 16.3. The zero-order chi connectivity index (χ0) is 9.52. The Morgan fingerprint density at radius 3 is 2.77 bits per heavy atom. The lowest BCUT2D eigenvalue weighted by Gasteiger charge is -2.05. The van der Waals surface area contributed by atoms with Crippen molar-refractivity contribution >= 4 is 0 Å². The summed E-state index contributed by atoms with van der Waals surface area (Å²) in [5, 5.41) is 12.2. The number of rotatable bonds is 5. The molecule has 72 valence electrons. The summed E-state index contributed by atoms with van der Waals surface area (Å²) in [5.41, 5.74) is 1.22. The summed E-state index contributed by atoms with van der Waals surface area (Å²) in [7, 11) is 0. The van der Waals surface area contributed by atoms with Crippen LogP contribution in [0.5, 0.6) is 0 Å². The van der Waals surface area contributed by atoms with Crippen LogP contribution in [0.15, 0.2) is 24.5 Å². The number of hydrogen-bond donors (Lipinski definition) is 2. The van der Waals surface area contributed by atoms with Gasteiger partial charge in [0.15, 0.2) is 0 Å². The van der Waals surface area contributed by atoms with Crippen LogP contribution in [-0.2, 0) is 6.54 Å². The lowest BCUT2D eigenvalue weighted by atomic mass is 10.2. The lowest BCUT2D eigenvalue weighted by molar-refractivity contribution is 0.183. The fraction of sp³-hybridized carbons (Fsp3) is 0.500. The van der Waals surface area contributed by atoms with Gasteiger partial charge in [0, 0.05) is 18.9 Å². The Balaban J connectivity index is 2.13. The second kappa shape index (κ2) is 5.67. The molecule has 0 spiro atoms. The molecular weight excluding hydrogens is 164 g/mol. The molecule has 2 N–H and O–H groups in total. The maximum Gasteiger partial charge on any atom is 0.0524 e. The van der Waals surface area contributed by atoms with Crippen molar-refractivity contribution in [1.82, 2.24) is 10.3 Å². The predicted molar refractivity (Wildman–Crippen MR) is 52.2 cm³/mol. The van der Waals surface area contributed by atoms with Gasteiger partial charge in [-0.1, -0.05) is 0 Å². The third-order valence-corrected chi connectivity index (χ3v) is 1.82. The minimum atomic E-state index is -0.218. The number of aromatic nitrogens is 1. The molecule has 1 atom stereocenters. The highest BCUT2D eigenvalue weighted by Crippen LogP contribution is 1.95. The van der Waals surface area contributed by atoms with Crippen LogP contribution in [0.25, 0.3) is 0 Å². The van der Waals surface area contributed by atoms with Gasteiger partial charge in [0.05, 0.1) is 6.10 Å². The molecule has 3 nitrogen and oxygen atoms in total. The molecule has 0 saturated carbocycles. The van der Waals surface area contributed by atoms with Gasteiger partial charge < -0.3 is 10.4 Å². The van der Waals surface area contributed by atoms with E-state index >= 15 is 0 Å². The molecule has 1 rings (SSSR count). The monoisotopic (exact) mass is 180 g/mol. The fourth-order valence-corrected chi connectivity index (χ4v) is 1.04. The van der Waals surface area contributed by atoms with Gasteiger partial charge in [-0.25, -0.2) is 0 Å². The summed E-state index contributed by atoms with van der Waals surface area (Å²) < 4.78 is 0. The van der Waals surface area contributed by atoms with E-state index in [1.807, 2.05) is 12.1 Å². The Morgan fingerprint density at radius 1 is 1.46 bits per heavy atom. The zero-order valence-corrected chi connectivity index (χ0v) is 7.90. The van der Waals surface area contributed by atoms with Gasteiger partial charge in [0.25, 0.3) is 0 Å². The van der Waals surface area contributed by atoms with Crippen LogP contribution >= 0.6 is 0 Å². The highest BCUT2D eigenvalue weighted by molar-refractivity contribution is 5.08. The summed E-state index contributed by atoms with van der Waals surface area (Å²) in [4.78, 5) is 3.93. The third kappa shape index (κ3) is 4.60. The van der Waals surface area contributed by atoms with Crippen molar-refractivity contribution in [1.29, 1.82) is 0 Å². The Bertz CT molecular complexity index is 224. The summed E-state index contributed by atoms with van der Waals surface area (Å²) in [5.74, 6) is 0. The molecule has 0 fully saturated rings. The number of hydrogen-bond acceptors (Lipinski definition) is 3. The Labute approximate surface area is 78.8 Å². The molecule has 0 aliphatic rings. The summed E-state index contributed by atoms with van der Waals surface area (Å²) in [6, 6.07) is 3.96. The first-order valence-corrected chi connectivity index (χ1v) is 4.56. The van der Waals surface area contributed by atoms with E-state index < -0.39 is 0 Å². The van der Waals surface area contributed by atoms with Crippen LogP contribution < -0.4 is 5.32 Å². The molecule has 1 aromatic rings. The molecule has 0 amide bonds. The summed E-state index contributed by atoms with van der Waals surface area (Å²) in [6.45, 7) is 3.49. The molecule has 0 saturated heterocycles. The van der Waals surface area contributed by atoms with Crippen molar-refractivity contribution < 1.29 is 5.11 Å². The lowest BCUT2D eigenvalue weighted by Crippen LogP contribution is -2.18. The second-order valence-electron chi connectivity index (χ2n) is 3.17. The SMILES string of the molecule is C[C@@H](O)CCNCc1ccncc1. The fourth-order valence-electron chi connectivity index (χ4n) is 1.04. The van der Waals surface area contributed by atoms with Crippen molar-refractivity contribution in [3.63, 3.8) is 0 Å². The van der Waals surface area contributed by atoms with E-state index in [0.29, 0.717) is 0 Å². The van der Waals surface area contributed by atoms with E-state index in [1.165, 1.54) is 5.56 Å². The zero-order valence-electron chi connectivity index (χ0n) is 7.90. The van der Waals surface area contributed by atoms with Crippen LogP contribution in [-0.4, -0.2) is 22.7 Å². The van der Waals surface area contributed by atoms with Gasteiger partial charge in [0.1, 0.15) is 0 Å². The quantitative estimate of drug-likeness (QED) is 0.663. The molecule has 0 radical (unpaired) electrons. The van der Waals surface area contributed by atoms with Gasteiger partial charge in [-0.15, -0.1) is 0 Å². The Morgan fingerprint density at radius 2 is 2.15 bits per heavy atom. The van der Waals surface area contributed by atoms with E-state index in [-0.39, 0.29) is 6.10 Å². The van der Waals surface area contributed by atoms with Crippen LogP contribution in [0.3, 0.4) is 0 Å². The second-order valence-corrected chi connectivity index (χ2v) is 3.17. The molecule has 3 heteroatoms. The largest absolute Gasteiger partial charge is 0.393 e. The first-order chi connectivity index (χ1) is 6.29. The third-order valence-electron chi connectivity index (χ3n) is 1.82. The van der Waals surface area contributed by atoms with Gasteiger partial charge in [0.2, 0.25) is 0 Å². The van der Waals surface area contributed by atoms with E-state index in [1.54, 1.807) is 19.3 Å². The van der Waals surface area contributed by atoms with Crippen LogP contribution in [0.4, 0.5) is 0 Å². The average molecular weight is 180 g/mol. The Hall–Kier alpha value is -0.930. The number of aliphatic hydroxyl groups is 1. The number of aliphatic hydroxyl groups excluding tert-OH is 1. The maximum atomic E-state index is 9.00. The molecular formula is C10H16N2O. The van der Waals surface area contributed by atoms with E-state index in [2.05, 4.69) is 10.3 Å². The maximum absolute atomic E-state index is 9.00. The molecule has 0 unspecified atom stereocenters. The van der Waals surface area contributed by atoms with Gasteiger partial charge in [-0.3, -0.25) is 4.98 Å². The van der Waals surface area contributed by atoms with Gasteiger partial charge >= 0.3 is 0 Å². The predicted octanol–water partition coefficient (Wildman–Crippen LogP) is 0.942. The number of nitrogens with zero attached hydrogens (tertiary/aromatic N) is 1. The number of pyridine rings is 1. The summed E-state index contributed by atoms with van der Waals surface area (Å²) >= 11 is 0. The van der Waals surface area contributed by atoms with Crippen molar-refractivity contribution in [3.05, 3.63) is 30.1 Å². The van der Waals surface area contributed by atoms with Crippen LogP contribution in [0, 0.1) is 0 Å². The minimum Gasteiger partial charge on any atom is -0.393 e. The van der Waals surface area contributed by atoms with E-state index in [0.717, 1.165) is 19.5 Å². The van der Waals surface area contributed by atoms with E-state index in [4.69, 9.17) is 5.11 Å². The average Bonchev–Trinajstić information content (AvgIpc) is 2.14. The van der Waals surface area contributed by atoms with Crippen LogP contribution in [0.2, 0.25) is 0 Å². The molecule has 1 heterocycles. The standard InChI is InChI=1S/C10H16N2O/c1-9(13)2-5-12-8-10-3-6-11-7-4-10/h3-4,6-7,9,12-13H,2,5,8H2,1H3/t9-/m1/s1. The smallest absolute Gasteiger partial charge is 0.0524 e. The van der Waals surface area contributed by atoms with Gasteiger partial charge in [-0.05, 0) is 37.6 Å².